The van der Waals surface area contributed by atoms with E-state index in [2.05, 4.69) is 0 Å². The molecule has 0 fully saturated rings. The molecule has 0 saturated heterocycles. The summed E-state index contributed by atoms with van der Waals surface area (Å²) in [6.07, 6.45) is -4.48. The zero-order chi connectivity index (χ0) is 27.7. The Morgan fingerprint density at radius 3 is 1.90 bits per heavy atom. The molecule has 0 unspecified atom stereocenters. The predicted octanol–water partition coefficient (Wildman–Crippen LogP) is 8.12. The van der Waals surface area contributed by atoms with Gasteiger partial charge in [-0.25, -0.2) is 4.68 Å². The van der Waals surface area contributed by atoms with E-state index in [1.807, 2.05) is 43.3 Å². The molecular weight excluding hydrogens is 507 g/mol. The van der Waals surface area contributed by atoms with Gasteiger partial charge in [-0.3, -0.25) is 10.1 Å². The zero-order valence-electron chi connectivity index (χ0n) is 20.9. The number of halogens is 3. The molecule has 0 radical (unpaired) electrons. The van der Waals surface area contributed by atoms with Gasteiger partial charge in [0, 0.05) is 28.8 Å². The van der Waals surface area contributed by atoms with Gasteiger partial charge in [0.25, 0.3) is 5.69 Å². The third-order valence-electron chi connectivity index (χ3n) is 6.38. The van der Waals surface area contributed by atoms with Crippen LogP contribution in [0.15, 0.2) is 97.1 Å². The summed E-state index contributed by atoms with van der Waals surface area (Å²) in [6.45, 7) is 1.96. The normalized spacial score (nSPS) is 11.4. The topological polar surface area (TPSA) is 70.2 Å². The maximum Gasteiger partial charge on any atom is 0.416 e. The predicted molar refractivity (Wildman–Crippen MR) is 143 cm³/mol. The smallest absolute Gasteiger partial charge is 0.416 e. The van der Waals surface area contributed by atoms with E-state index in [1.54, 1.807) is 36.1 Å². The van der Waals surface area contributed by atoms with E-state index in [9.17, 15) is 23.3 Å². The number of ether oxygens (including phenoxy) is 1. The first-order chi connectivity index (χ1) is 18.7. The van der Waals surface area contributed by atoms with E-state index < -0.39 is 16.7 Å². The summed E-state index contributed by atoms with van der Waals surface area (Å²) in [5.41, 5.74) is 4.48. The van der Waals surface area contributed by atoms with E-state index in [0.717, 1.165) is 28.9 Å². The van der Waals surface area contributed by atoms with Gasteiger partial charge in [-0.2, -0.15) is 18.3 Å². The largest absolute Gasteiger partial charge is 0.497 e. The summed E-state index contributed by atoms with van der Waals surface area (Å²) in [6, 6.07) is 25.8. The molecule has 0 amide bonds. The van der Waals surface area contributed by atoms with Gasteiger partial charge in [-0.15, -0.1) is 0 Å². The SMILES string of the molecule is COc1ccc(-c2nn(-c3ccc(C)cc3)c(-c3ccc([N+](=O)[O-])cc3)c2-c2ccc(C(F)(F)F)cc2)cc1. The highest BCUT2D eigenvalue weighted by molar-refractivity contribution is 5.92. The lowest BCUT2D eigenvalue weighted by Gasteiger charge is -2.12. The number of hydrogen-bond acceptors (Lipinski definition) is 4. The third kappa shape index (κ3) is 5.11. The van der Waals surface area contributed by atoms with Crippen molar-refractivity contribution in [2.75, 3.05) is 7.11 Å². The van der Waals surface area contributed by atoms with Crippen molar-refractivity contribution in [2.45, 2.75) is 13.1 Å². The lowest BCUT2D eigenvalue weighted by atomic mass is 9.95. The number of aryl methyl sites for hydroxylation is 1. The fraction of sp³-hybridized carbons (Fsp3) is 0.100. The van der Waals surface area contributed by atoms with Gasteiger partial charge in [0.1, 0.15) is 11.4 Å². The minimum atomic E-state index is -4.48. The molecule has 0 bridgehead atoms. The van der Waals surface area contributed by atoms with Crippen LogP contribution in [0.4, 0.5) is 18.9 Å². The van der Waals surface area contributed by atoms with E-state index in [1.165, 1.54) is 24.3 Å². The second kappa shape index (κ2) is 10.1. The number of nitro groups is 1. The molecule has 0 saturated carbocycles. The van der Waals surface area contributed by atoms with Crippen molar-refractivity contribution in [1.29, 1.82) is 0 Å². The number of aromatic nitrogens is 2. The Morgan fingerprint density at radius 2 is 1.36 bits per heavy atom. The van der Waals surface area contributed by atoms with Gasteiger partial charge in [0.05, 0.1) is 29.0 Å². The van der Waals surface area contributed by atoms with Gasteiger partial charge in [0.15, 0.2) is 0 Å². The van der Waals surface area contributed by atoms with Crippen LogP contribution in [-0.2, 0) is 6.18 Å². The second-order valence-corrected chi connectivity index (χ2v) is 8.93. The van der Waals surface area contributed by atoms with Crippen molar-refractivity contribution >= 4 is 5.69 Å². The molecule has 5 rings (SSSR count). The van der Waals surface area contributed by atoms with Crippen LogP contribution in [0.2, 0.25) is 0 Å². The summed E-state index contributed by atoms with van der Waals surface area (Å²) < 4.78 is 47.1. The number of nitrogens with zero attached hydrogens (tertiary/aromatic N) is 3. The van der Waals surface area contributed by atoms with Gasteiger partial charge in [-0.1, -0.05) is 29.8 Å². The summed E-state index contributed by atoms with van der Waals surface area (Å²) in [4.78, 5) is 10.8. The van der Waals surface area contributed by atoms with Crippen LogP contribution in [0, 0.1) is 17.0 Å². The minimum absolute atomic E-state index is 0.0772. The molecule has 0 aliphatic rings. The second-order valence-electron chi connectivity index (χ2n) is 8.93. The van der Waals surface area contributed by atoms with Crippen LogP contribution >= 0.6 is 0 Å². The van der Waals surface area contributed by atoms with E-state index in [-0.39, 0.29) is 5.69 Å². The average Bonchev–Trinajstić information content (AvgIpc) is 3.33. The highest BCUT2D eigenvalue weighted by Crippen LogP contribution is 2.43. The van der Waals surface area contributed by atoms with Crippen LogP contribution in [0.25, 0.3) is 39.3 Å². The fourth-order valence-corrected chi connectivity index (χ4v) is 4.35. The molecule has 0 aliphatic heterocycles. The van der Waals surface area contributed by atoms with Crippen molar-refractivity contribution in [3.63, 3.8) is 0 Å². The molecule has 1 aromatic heterocycles. The Morgan fingerprint density at radius 1 is 0.795 bits per heavy atom. The van der Waals surface area contributed by atoms with Crippen molar-refractivity contribution in [2.24, 2.45) is 0 Å². The maximum absolute atomic E-state index is 13.4. The summed E-state index contributed by atoms with van der Waals surface area (Å²) in [5.74, 6) is 0.642. The maximum atomic E-state index is 13.4. The minimum Gasteiger partial charge on any atom is -0.497 e. The lowest BCUT2D eigenvalue weighted by molar-refractivity contribution is -0.384. The molecule has 1 heterocycles. The van der Waals surface area contributed by atoms with E-state index >= 15 is 0 Å². The Balaban J connectivity index is 1.82. The molecule has 0 N–H and O–H groups in total. The van der Waals surface area contributed by atoms with Crippen LogP contribution < -0.4 is 4.74 Å². The standard InChI is InChI=1S/C30H22F3N3O3/c1-19-3-13-24(14-4-19)35-29(22-7-15-25(16-8-22)36(37)38)27(20-5-11-23(12-6-20)30(31,32)33)28(34-35)21-9-17-26(39-2)18-10-21/h3-18H,1-2H3. The summed E-state index contributed by atoms with van der Waals surface area (Å²) in [7, 11) is 1.56. The molecular formula is C30H22F3N3O3. The molecule has 4 aromatic carbocycles. The van der Waals surface area contributed by atoms with Crippen molar-refractivity contribution in [1.82, 2.24) is 9.78 Å². The van der Waals surface area contributed by atoms with E-state index in [0.29, 0.717) is 33.8 Å². The van der Waals surface area contributed by atoms with Crippen molar-refractivity contribution in [3.05, 3.63) is 118 Å². The number of non-ortho nitro benzene ring substituents is 1. The molecule has 0 atom stereocenters. The quantitative estimate of drug-likeness (QED) is 0.165. The first-order valence-electron chi connectivity index (χ1n) is 11.9. The Labute approximate surface area is 222 Å². The average molecular weight is 530 g/mol. The van der Waals surface area contributed by atoms with Gasteiger partial charge in [0.2, 0.25) is 0 Å². The fourth-order valence-electron chi connectivity index (χ4n) is 4.35. The molecule has 0 spiro atoms. The molecule has 39 heavy (non-hydrogen) atoms. The summed E-state index contributed by atoms with van der Waals surface area (Å²) >= 11 is 0. The number of alkyl halides is 3. The van der Waals surface area contributed by atoms with Gasteiger partial charge in [-0.05, 0) is 73.2 Å². The first kappa shape index (κ1) is 25.7. The Bertz CT molecular complexity index is 1620. The highest BCUT2D eigenvalue weighted by atomic mass is 19.4. The Hall–Kier alpha value is -4.92. The number of hydrogen-bond donors (Lipinski definition) is 0. The van der Waals surface area contributed by atoms with E-state index in [4.69, 9.17) is 9.84 Å². The molecule has 9 heteroatoms. The zero-order valence-corrected chi connectivity index (χ0v) is 20.9. The van der Waals surface area contributed by atoms with Crippen molar-refractivity contribution < 1.29 is 22.8 Å². The van der Waals surface area contributed by atoms with Gasteiger partial charge < -0.3 is 4.74 Å². The molecule has 0 aliphatic carbocycles. The highest BCUT2D eigenvalue weighted by Gasteiger charge is 2.31. The lowest BCUT2D eigenvalue weighted by Crippen LogP contribution is -2.04. The number of rotatable bonds is 6. The summed E-state index contributed by atoms with van der Waals surface area (Å²) in [5, 5.41) is 16.2. The third-order valence-corrected chi connectivity index (χ3v) is 6.38. The Kier molecular flexibility index (Phi) is 6.66. The number of nitro benzene ring substituents is 1. The van der Waals surface area contributed by atoms with Gasteiger partial charge >= 0.3 is 6.18 Å². The molecule has 5 aromatic rings. The van der Waals surface area contributed by atoms with Crippen LogP contribution in [0.5, 0.6) is 5.75 Å². The number of methoxy groups -OCH3 is 1. The van der Waals surface area contributed by atoms with Crippen LogP contribution in [0.3, 0.4) is 0 Å². The molecule has 196 valence electrons. The van der Waals surface area contributed by atoms with Crippen LogP contribution in [-0.4, -0.2) is 21.8 Å². The molecule has 6 nitrogen and oxygen atoms in total. The monoisotopic (exact) mass is 529 g/mol. The van der Waals surface area contributed by atoms with Crippen molar-refractivity contribution in [3.8, 4) is 45.1 Å². The van der Waals surface area contributed by atoms with Crippen LogP contribution in [0.1, 0.15) is 11.1 Å². The number of benzene rings is 4. The first-order valence-corrected chi connectivity index (χ1v) is 11.9.